The van der Waals surface area contributed by atoms with E-state index in [0.717, 1.165) is 35.7 Å². The van der Waals surface area contributed by atoms with Crippen molar-refractivity contribution in [2.45, 2.75) is 13.0 Å². The molecule has 2 aromatic heterocycles. The van der Waals surface area contributed by atoms with Crippen LogP contribution in [0, 0.1) is 0 Å². The van der Waals surface area contributed by atoms with Gasteiger partial charge in [-0.25, -0.2) is 4.52 Å². The average molecular weight is 296 g/mol. The number of rotatable bonds is 1. The highest BCUT2D eigenvalue weighted by Gasteiger charge is 2.19. The van der Waals surface area contributed by atoms with Crippen molar-refractivity contribution in [1.82, 2.24) is 19.9 Å². The van der Waals surface area contributed by atoms with Crippen LogP contribution in [0.15, 0.2) is 22.8 Å². The van der Waals surface area contributed by atoms with Gasteiger partial charge >= 0.3 is 0 Å². The number of hydrogen-bond donors (Lipinski definition) is 1. The Balaban J connectivity index is 1.94. The molecular weight excluding hydrogens is 282 g/mol. The van der Waals surface area contributed by atoms with E-state index in [0.29, 0.717) is 6.04 Å². The maximum absolute atomic E-state index is 4.54. The number of nitrogens with one attached hydrogen (secondary N) is 1. The summed E-state index contributed by atoms with van der Waals surface area (Å²) in [5.41, 5.74) is 0.884. The predicted octanol–water partition coefficient (Wildman–Crippen LogP) is 1.29. The molecule has 1 aliphatic rings. The van der Waals surface area contributed by atoms with Gasteiger partial charge in [0.1, 0.15) is 0 Å². The van der Waals surface area contributed by atoms with Gasteiger partial charge in [-0.1, -0.05) is 0 Å². The van der Waals surface area contributed by atoms with Crippen molar-refractivity contribution >= 4 is 27.5 Å². The molecule has 0 saturated carbocycles. The fourth-order valence-corrected chi connectivity index (χ4v) is 2.42. The molecular formula is C11H14BrN5. The van der Waals surface area contributed by atoms with Crippen molar-refractivity contribution in [3.63, 3.8) is 0 Å². The van der Waals surface area contributed by atoms with Crippen LogP contribution in [-0.4, -0.2) is 40.3 Å². The summed E-state index contributed by atoms with van der Waals surface area (Å²) in [6.07, 6.45) is 1.93. The zero-order chi connectivity index (χ0) is 11.8. The standard InChI is InChI=1S/C11H14BrN5/c1-8-6-16(5-4-13-8)11-14-10-3-2-9(12)7-17(10)15-11/h2-3,7-8,13H,4-6H2,1H3/t8-/m1/s1. The molecule has 0 aliphatic carbocycles. The summed E-state index contributed by atoms with van der Waals surface area (Å²) < 4.78 is 2.82. The highest BCUT2D eigenvalue weighted by molar-refractivity contribution is 9.10. The van der Waals surface area contributed by atoms with E-state index in [-0.39, 0.29) is 0 Å². The van der Waals surface area contributed by atoms with Crippen molar-refractivity contribution in [1.29, 1.82) is 0 Å². The SMILES string of the molecule is C[C@@H]1CN(c2nc3ccc(Br)cn3n2)CCN1. The molecule has 0 unspecified atom stereocenters. The molecule has 5 nitrogen and oxygen atoms in total. The summed E-state index contributed by atoms with van der Waals surface area (Å²) in [4.78, 5) is 6.77. The molecule has 1 saturated heterocycles. The summed E-state index contributed by atoms with van der Waals surface area (Å²) in [6, 6.07) is 4.43. The van der Waals surface area contributed by atoms with Crippen molar-refractivity contribution in [2.75, 3.05) is 24.5 Å². The van der Waals surface area contributed by atoms with E-state index in [1.165, 1.54) is 0 Å². The van der Waals surface area contributed by atoms with Crippen molar-refractivity contribution in [3.05, 3.63) is 22.8 Å². The van der Waals surface area contributed by atoms with Gasteiger partial charge in [0.2, 0.25) is 5.95 Å². The van der Waals surface area contributed by atoms with E-state index in [1.807, 2.05) is 22.8 Å². The van der Waals surface area contributed by atoms with Gasteiger partial charge in [-0.2, -0.15) is 4.98 Å². The molecule has 0 amide bonds. The van der Waals surface area contributed by atoms with Crippen molar-refractivity contribution < 1.29 is 0 Å². The Labute approximate surface area is 108 Å². The molecule has 6 heteroatoms. The lowest BCUT2D eigenvalue weighted by Crippen LogP contribution is -2.49. The minimum Gasteiger partial charge on any atom is -0.337 e. The van der Waals surface area contributed by atoms with Crippen LogP contribution in [0.3, 0.4) is 0 Å². The minimum atomic E-state index is 0.488. The molecule has 3 rings (SSSR count). The normalized spacial score (nSPS) is 21.1. The summed E-state index contributed by atoms with van der Waals surface area (Å²) in [6.45, 7) is 5.08. The fraction of sp³-hybridized carbons (Fsp3) is 0.455. The van der Waals surface area contributed by atoms with Gasteiger partial charge in [0.25, 0.3) is 0 Å². The molecule has 0 radical (unpaired) electrons. The van der Waals surface area contributed by atoms with E-state index < -0.39 is 0 Å². The number of piperazine rings is 1. The summed E-state index contributed by atoms with van der Waals surface area (Å²) in [7, 11) is 0. The zero-order valence-corrected chi connectivity index (χ0v) is 11.2. The first-order valence-corrected chi connectivity index (χ1v) is 6.52. The summed E-state index contributed by atoms with van der Waals surface area (Å²) in [5, 5.41) is 7.92. The van der Waals surface area contributed by atoms with Gasteiger partial charge in [-0.3, -0.25) is 0 Å². The second-order valence-corrected chi connectivity index (χ2v) is 5.28. The van der Waals surface area contributed by atoms with E-state index in [4.69, 9.17) is 0 Å². The van der Waals surface area contributed by atoms with E-state index in [9.17, 15) is 0 Å². The molecule has 1 N–H and O–H groups in total. The molecule has 90 valence electrons. The van der Waals surface area contributed by atoms with Gasteiger partial charge in [-0.05, 0) is 35.0 Å². The summed E-state index contributed by atoms with van der Waals surface area (Å²) in [5.74, 6) is 0.816. The van der Waals surface area contributed by atoms with Crippen LogP contribution in [0.4, 0.5) is 5.95 Å². The molecule has 1 fully saturated rings. The van der Waals surface area contributed by atoms with Gasteiger partial charge in [0.15, 0.2) is 5.65 Å². The molecule has 17 heavy (non-hydrogen) atoms. The van der Waals surface area contributed by atoms with Gasteiger partial charge in [-0.15, -0.1) is 5.10 Å². The second kappa shape index (κ2) is 4.27. The Bertz CT molecular complexity index is 538. The highest BCUT2D eigenvalue weighted by atomic mass is 79.9. The maximum Gasteiger partial charge on any atom is 0.245 e. The van der Waals surface area contributed by atoms with Crippen molar-refractivity contribution in [3.8, 4) is 0 Å². The van der Waals surface area contributed by atoms with Crippen LogP contribution in [0.1, 0.15) is 6.92 Å². The number of fused-ring (bicyclic) bond motifs is 1. The van der Waals surface area contributed by atoms with Gasteiger partial charge < -0.3 is 10.2 Å². The highest BCUT2D eigenvalue weighted by Crippen LogP contribution is 2.15. The second-order valence-electron chi connectivity index (χ2n) is 4.36. The Morgan fingerprint density at radius 2 is 2.35 bits per heavy atom. The lowest BCUT2D eigenvalue weighted by molar-refractivity contribution is 0.479. The number of anilines is 1. The summed E-state index contributed by atoms with van der Waals surface area (Å²) >= 11 is 3.44. The van der Waals surface area contributed by atoms with Crippen molar-refractivity contribution in [2.24, 2.45) is 0 Å². The number of halogens is 1. The average Bonchev–Trinajstić information content (AvgIpc) is 2.72. The smallest absolute Gasteiger partial charge is 0.245 e. The minimum absolute atomic E-state index is 0.488. The predicted molar refractivity (Wildman–Crippen MR) is 70.4 cm³/mol. The van der Waals surface area contributed by atoms with Crippen LogP contribution in [-0.2, 0) is 0 Å². The molecule has 2 aromatic rings. The molecule has 3 heterocycles. The quantitative estimate of drug-likeness (QED) is 0.861. The Hall–Kier alpha value is -1.14. The van der Waals surface area contributed by atoms with Crippen LogP contribution < -0.4 is 10.2 Å². The first-order valence-electron chi connectivity index (χ1n) is 5.72. The molecule has 1 aliphatic heterocycles. The van der Waals surface area contributed by atoms with Crippen LogP contribution in [0.2, 0.25) is 0 Å². The topological polar surface area (TPSA) is 45.5 Å². The van der Waals surface area contributed by atoms with Crippen LogP contribution in [0.5, 0.6) is 0 Å². The Kier molecular flexibility index (Phi) is 2.76. The Morgan fingerprint density at radius 1 is 1.47 bits per heavy atom. The molecule has 0 spiro atoms. The lowest BCUT2D eigenvalue weighted by Gasteiger charge is -2.30. The first-order chi connectivity index (χ1) is 8.22. The maximum atomic E-state index is 4.54. The van der Waals surface area contributed by atoms with E-state index in [1.54, 1.807) is 0 Å². The van der Waals surface area contributed by atoms with E-state index in [2.05, 4.69) is 43.2 Å². The number of hydrogen-bond acceptors (Lipinski definition) is 4. The van der Waals surface area contributed by atoms with E-state index >= 15 is 0 Å². The fourth-order valence-electron chi connectivity index (χ4n) is 2.09. The first kappa shape index (κ1) is 11.0. The Morgan fingerprint density at radius 3 is 3.18 bits per heavy atom. The van der Waals surface area contributed by atoms with Gasteiger partial charge in [0.05, 0.1) is 0 Å². The lowest BCUT2D eigenvalue weighted by atomic mass is 10.2. The molecule has 0 bridgehead atoms. The molecule has 1 atom stereocenters. The number of aromatic nitrogens is 3. The molecule has 0 aromatic carbocycles. The van der Waals surface area contributed by atoms with Crippen LogP contribution in [0.25, 0.3) is 5.65 Å². The van der Waals surface area contributed by atoms with Crippen LogP contribution >= 0.6 is 15.9 Å². The zero-order valence-electron chi connectivity index (χ0n) is 9.60. The monoisotopic (exact) mass is 295 g/mol. The third kappa shape index (κ3) is 2.14. The largest absolute Gasteiger partial charge is 0.337 e. The number of pyridine rings is 1. The third-order valence-corrected chi connectivity index (χ3v) is 3.40. The number of nitrogens with zero attached hydrogens (tertiary/aromatic N) is 4. The third-order valence-electron chi connectivity index (χ3n) is 2.94. The van der Waals surface area contributed by atoms with Gasteiger partial charge in [0, 0.05) is 36.3 Å².